The molecule has 76 valence electrons. The van der Waals surface area contributed by atoms with Gasteiger partial charge in [-0.3, -0.25) is 4.79 Å². The first kappa shape index (κ1) is 9.24. The van der Waals surface area contributed by atoms with Gasteiger partial charge >= 0.3 is 0 Å². The smallest absolute Gasteiger partial charge is 0.289 e. The van der Waals surface area contributed by atoms with Crippen molar-refractivity contribution >= 4 is 5.91 Å². The summed E-state index contributed by atoms with van der Waals surface area (Å²) in [5, 5.41) is 2.88. The van der Waals surface area contributed by atoms with Gasteiger partial charge in [0.15, 0.2) is 6.39 Å². The van der Waals surface area contributed by atoms with Crippen molar-refractivity contribution in [3.8, 4) is 0 Å². The number of amides is 1. The topological polar surface area (TPSA) is 55.1 Å². The summed E-state index contributed by atoms with van der Waals surface area (Å²) in [6, 6.07) is 0.354. The Kier molecular flexibility index (Phi) is 2.27. The number of carbonyl (C=O) groups excluding carboxylic acids is 1. The summed E-state index contributed by atoms with van der Waals surface area (Å²) in [4.78, 5) is 15.7. The summed E-state index contributed by atoms with van der Waals surface area (Å²) in [6.45, 7) is 3.98. The number of nitrogens with one attached hydrogen (secondary N) is 1. The number of hydrogen-bond acceptors (Lipinski definition) is 3. The molecule has 1 N–H and O–H groups in total. The van der Waals surface area contributed by atoms with E-state index in [0.717, 1.165) is 18.5 Å². The molecule has 2 rings (SSSR count). The number of rotatable bonds is 3. The highest BCUT2D eigenvalue weighted by atomic mass is 16.3. The lowest BCUT2D eigenvalue weighted by molar-refractivity contribution is 0.0921. The van der Waals surface area contributed by atoms with Crippen molar-refractivity contribution in [2.75, 3.05) is 0 Å². The van der Waals surface area contributed by atoms with Crippen LogP contribution in [-0.2, 0) is 0 Å². The Hall–Kier alpha value is -1.32. The molecule has 1 fully saturated rings. The molecule has 0 bridgehead atoms. The predicted molar refractivity (Wildman–Crippen MR) is 51.1 cm³/mol. The zero-order chi connectivity index (χ0) is 10.1. The first-order chi connectivity index (χ1) is 6.68. The minimum Gasteiger partial charge on any atom is -0.438 e. The van der Waals surface area contributed by atoms with Gasteiger partial charge < -0.3 is 9.73 Å². The van der Waals surface area contributed by atoms with Gasteiger partial charge in [-0.05, 0) is 18.8 Å². The highest BCUT2D eigenvalue weighted by Crippen LogP contribution is 2.21. The molecule has 1 aromatic rings. The quantitative estimate of drug-likeness (QED) is 0.796. The third-order valence-corrected chi connectivity index (χ3v) is 2.26. The molecule has 1 amide bonds. The molecule has 1 aliphatic rings. The van der Waals surface area contributed by atoms with Crippen LogP contribution in [0.15, 0.2) is 10.8 Å². The van der Waals surface area contributed by atoms with E-state index < -0.39 is 0 Å². The van der Waals surface area contributed by atoms with Crippen LogP contribution in [0.25, 0.3) is 0 Å². The fourth-order valence-corrected chi connectivity index (χ4v) is 1.31. The van der Waals surface area contributed by atoms with Crippen molar-refractivity contribution in [1.29, 1.82) is 0 Å². The average Bonchev–Trinajstić information content (AvgIpc) is 2.81. The molecule has 4 nitrogen and oxygen atoms in total. The lowest BCUT2D eigenvalue weighted by Gasteiger charge is -2.03. The Balaban J connectivity index is 2.13. The number of hydrogen-bond donors (Lipinski definition) is 1. The molecule has 0 radical (unpaired) electrons. The predicted octanol–water partition coefficient (Wildman–Crippen LogP) is 1.69. The normalized spacial score (nSPS) is 15.9. The molecular formula is C10H14N2O2. The van der Waals surface area contributed by atoms with E-state index in [-0.39, 0.29) is 11.8 Å². The molecule has 0 aromatic carbocycles. The van der Waals surface area contributed by atoms with Crippen LogP contribution in [0.5, 0.6) is 0 Å². The van der Waals surface area contributed by atoms with Crippen molar-refractivity contribution in [3.05, 3.63) is 17.8 Å². The van der Waals surface area contributed by atoms with Gasteiger partial charge in [0, 0.05) is 6.04 Å². The molecule has 14 heavy (non-hydrogen) atoms. The fraction of sp³-hybridized carbons (Fsp3) is 0.600. The van der Waals surface area contributed by atoms with Crippen LogP contribution in [0, 0.1) is 0 Å². The maximum Gasteiger partial charge on any atom is 0.289 e. The first-order valence-electron chi connectivity index (χ1n) is 4.92. The van der Waals surface area contributed by atoms with Crippen LogP contribution >= 0.6 is 0 Å². The Morgan fingerprint density at radius 2 is 2.36 bits per heavy atom. The van der Waals surface area contributed by atoms with E-state index in [0.29, 0.717) is 11.8 Å². The zero-order valence-corrected chi connectivity index (χ0v) is 8.41. The average molecular weight is 194 g/mol. The first-order valence-corrected chi connectivity index (χ1v) is 4.92. The molecule has 0 aliphatic heterocycles. The molecule has 4 heteroatoms. The maximum atomic E-state index is 11.6. The van der Waals surface area contributed by atoms with Crippen LogP contribution in [0.1, 0.15) is 48.9 Å². The van der Waals surface area contributed by atoms with E-state index >= 15 is 0 Å². The van der Waals surface area contributed by atoms with Gasteiger partial charge in [0.1, 0.15) is 0 Å². The number of aromatic nitrogens is 1. The molecular weight excluding hydrogens is 180 g/mol. The van der Waals surface area contributed by atoms with E-state index in [1.54, 1.807) is 0 Å². The monoisotopic (exact) mass is 194 g/mol. The standard InChI is InChI=1S/C10H14N2O2/c1-6(2)8-9(14-5-11-8)10(13)12-7-3-4-7/h5-7H,3-4H2,1-2H3,(H,12,13). The third kappa shape index (κ3) is 1.78. The molecule has 1 aromatic heterocycles. The van der Waals surface area contributed by atoms with Gasteiger partial charge in [-0.25, -0.2) is 4.98 Å². The van der Waals surface area contributed by atoms with Gasteiger partial charge in [0.05, 0.1) is 5.69 Å². The SMILES string of the molecule is CC(C)c1ncoc1C(=O)NC1CC1. The highest BCUT2D eigenvalue weighted by molar-refractivity contribution is 5.92. The van der Waals surface area contributed by atoms with Crippen LogP contribution < -0.4 is 5.32 Å². The number of nitrogens with zero attached hydrogens (tertiary/aromatic N) is 1. The van der Waals surface area contributed by atoms with Crippen molar-refractivity contribution in [3.63, 3.8) is 0 Å². The van der Waals surface area contributed by atoms with Crippen molar-refractivity contribution < 1.29 is 9.21 Å². The van der Waals surface area contributed by atoms with E-state index in [1.807, 2.05) is 13.8 Å². The van der Waals surface area contributed by atoms with Gasteiger partial charge in [-0.15, -0.1) is 0 Å². The van der Waals surface area contributed by atoms with Crippen LogP contribution in [-0.4, -0.2) is 16.9 Å². The Morgan fingerprint density at radius 1 is 1.64 bits per heavy atom. The second-order valence-electron chi connectivity index (χ2n) is 3.97. The largest absolute Gasteiger partial charge is 0.438 e. The van der Waals surface area contributed by atoms with E-state index in [9.17, 15) is 4.79 Å². The van der Waals surface area contributed by atoms with Gasteiger partial charge in [0.25, 0.3) is 5.91 Å². The number of carbonyl (C=O) groups is 1. The number of oxazole rings is 1. The third-order valence-electron chi connectivity index (χ3n) is 2.26. The van der Waals surface area contributed by atoms with E-state index in [4.69, 9.17) is 4.42 Å². The summed E-state index contributed by atoms with van der Waals surface area (Å²) >= 11 is 0. The van der Waals surface area contributed by atoms with Gasteiger partial charge in [-0.2, -0.15) is 0 Å². The lowest BCUT2D eigenvalue weighted by Crippen LogP contribution is -2.26. The molecule has 0 saturated heterocycles. The van der Waals surface area contributed by atoms with Crippen molar-refractivity contribution in [2.45, 2.75) is 38.6 Å². The van der Waals surface area contributed by atoms with Crippen LogP contribution in [0.4, 0.5) is 0 Å². The summed E-state index contributed by atoms with van der Waals surface area (Å²) in [7, 11) is 0. The molecule has 1 saturated carbocycles. The Bertz CT molecular complexity index is 340. The maximum absolute atomic E-state index is 11.6. The molecule has 1 aliphatic carbocycles. The Morgan fingerprint density at radius 3 is 2.93 bits per heavy atom. The minimum atomic E-state index is -0.131. The van der Waals surface area contributed by atoms with Gasteiger partial charge in [-0.1, -0.05) is 13.8 Å². The fourth-order valence-electron chi connectivity index (χ4n) is 1.31. The minimum absolute atomic E-state index is 0.131. The molecule has 0 spiro atoms. The Labute approximate surface area is 82.7 Å². The highest BCUT2D eigenvalue weighted by Gasteiger charge is 2.27. The molecule has 0 unspecified atom stereocenters. The van der Waals surface area contributed by atoms with Crippen molar-refractivity contribution in [1.82, 2.24) is 10.3 Å². The summed E-state index contributed by atoms with van der Waals surface area (Å²) in [5.41, 5.74) is 0.739. The van der Waals surface area contributed by atoms with E-state index in [1.165, 1.54) is 6.39 Å². The van der Waals surface area contributed by atoms with Gasteiger partial charge in [0.2, 0.25) is 5.76 Å². The zero-order valence-electron chi connectivity index (χ0n) is 8.41. The van der Waals surface area contributed by atoms with Crippen molar-refractivity contribution in [2.24, 2.45) is 0 Å². The van der Waals surface area contributed by atoms with E-state index in [2.05, 4.69) is 10.3 Å². The lowest BCUT2D eigenvalue weighted by atomic mass is 10.1. The molecule has 1 heterocycles. The van der Waals surface area contributed by atoms with Crippen LogP contribution in [0.2, 0.25) is 0 Å². The summed E-state index contributed by atoms with van der Waals surface area (Å²) in [5.74, 6) is 0.453. The van der Waals surface area contributed by atoms with Crippen LogP contribution in [0.3, 0.4) is 0 Å². The molecule has 0 atom stereocenters. The summed E-state index contributed by atoms with van der Waals surface area (Å²) < 4.78 is 5.09. The second-order valence-corrected chi connectivity index (χ2v) is 3.97. The second kappa shape index (κ2) is 3.44. The summed E-state index contributed by atoms with van der Waals surface area (Å²) in [6.07, 6.45) is 3.49.